The summed E-state index contributed by atoms with van der Waals surface area (Å²) in [6.07, 6.45) is 7.70. The molecule has 0 aromatic carbocycles. The molecular formula is C12H23NO. The van der Waals surface area contributed by atoms with Gasteiger partial charge in [-0.15, -0.1) is 0 Å². The molecule has 82 valence electrons. The average molecular weight is 197 g/mol. The zero-order valence-corrected chi connectivity index (χ0v) is 9.30. The summed E-state index contributed by atoms with van der Waals surface area (Å²) in [5.74, 6) is 1.64. The summed E-state index contributed by atoms with van der Waals surface area (Å²) in [7, 11) is 0. The first kappa shape index (κ1) is 10.4. The predicted molar refractivity (Wildman–Crippen MR) is 58.1 cm³/mol. The van der Waals surface area contributed by atoms with E-state index in [0.717, 1.165) is 31.5 Å². The Balaban J connectivity index is 1.92. The molecule has 1 unspecified atom stereocenters. The van der Waals surface area contributed by atoms with Gasteiger partial charge in [0.2, 0.25) is 0 Å². The smallest absolute Gasteiger partial charge is 0.0648 e. The van der Waals surface area contributed by atoms with E-state index >= 15 is 0 Å². The number of ether oxygens (including phenoxy) is 1. The van der Waals surface area contributed by atoms with Gasteiger partial charge >= 0.3 is 0 Å². The SMILES string of the molecule is CC1CCC(C2(N)CCCOC2)CC1. The number of nitrogens with two attached hydrogens (primary N) is 1. The normalized spacial score (nSPS) is 45.0. The summed E-state index contributed by atoms with van der Waals surface area (Å²) in [4.78, 5) is 0. The molecule has 14 heavy (non-hydrogen) atoms. The van der Waals surface area contributed by atoms with Gasteiger partial charge in [0.25, 0.3) is 0 Å². The van der Waals surface area contributed by atoms with Crippen molar-refractivity contribution in [3.05, 3.63) is 0 Å². The Morgan fingerprint density at radius 3 is 2.50 bits per heavy atom. The predicted octanol–water partition coefficient (Wildman–Crippen LogP) is 2.32. The Bertz CT molecular complexity index is 179. The van der Waals surface area contributed by atoms with Crippen molar-refractivity contribution in [1.82, 2.24) is 0 Å². The van der Waals surface area contributed by atoms with E-state index in [9.17, 15) is 0 Å². The molecule has 1 atom stereocenters. The third-order valence-electron chi connectivity index (χ3n) is 4.13. The fourth-order valence-electron chi connectivity index (χ4n) is 2.99. The van der Waals surface area contributed by atoms with Crippen LogP contribution in [0.1, 0.15) is 45.4 Å². The van der Waals surface area contributed by atoms with Crippen molar-refractivity contribution in [3.63, 3.8) is 0 Å². The van der Waals surface area contributed by atoms with Gasteiger partial charge in [0.15, 0.2) is 0 Å². The van der Waals surface area contributed by atoms with Gasteiger partial charge in [-0.3, -0.25) is 0 Å². The number of rotatable bonds is 1. The van der Waals surface area contributed by atoms with Crippen molar-refractivity contribution < 1.29 is 4.74 Å². The van der Waals surface area contributed by atoms with Gasteiger partial charge in [-0.05, 0) is 37.5 Å². The number of hydrogen-bond acceptors (Lipinski definition) is 2. The van der Waals surface area contributed by atoms with Crippen molar-refractivity contribution in [2.75, 3.05) is 13.2 Å². The second kappa shape index (κ2) is 4.19. The lowest BCUT2D eigenvalue weighted by molar-refractivity contribution is -0.000737. The quantitative estimate of drug-likeness (QED) is 0.700. The van der Waals surface area contributed by atoms with E-state index in [1.807, 2.05) is 0 Å². The zero-order chi connectivity index (χ0) is 10.0. The molecule has 0 spiro atoms. The third kappa shape index (κ3) is 2.12. The van der Waals surface area contributed by atoms with Crippen LogP contribution < -0.4 is 5.73 Å². The summed E-state index contributed by atoms with van der Waals surface area (Å²) in [6.45, 7) is 4.07. The molecule has 2 nitrogen and oxygen atoms in total. The van der Waals surface area contributed by atoms with Crippen LogP contribution in [0.2, 0.25) is 0 Å². The molecule has 2 N–H and O–H groups in total. The topological polar surface area (TPSA) is 35.2 Å². The Morgan fingerprint density at radius 1 is 1.21 bits per heavy atom. The molecule has 0 amide bonds. The Morgan fingerprint density at radius 2 is 1.93 bits per heavy atom. The van der Waals surface area contributed by atoms with Crippen LogP contribution in [0.4, 0.5) is 0 Å². The van der Waals surface area contributed by atoms with Crippen molar-refractivity contribution in [2.45, 2.75) is 51.0 Å². The van der Waals surface area contributed by atoms with E-state index in [2.05, 4.69) is 6.92 Å². The molecule has 0 bridgehead atoms. The molecule has 0 aromatic rings. The van der Waals surface area contributed by atoms with Crippen LogP contribution in [0.3, 0.4) is 0 Å². The van der Waals surface area contributed by atoms with Gasteiger partial charge < -0.3 is 10.5 Å². The lowest BCUT2D eigenvalue weighted by Crippen LogP contribution is -2.54. The Hall–Kier alpha value is -0.0800. The third-order valence-corrected chi connectivity index (χ3v) is 4.13. The zero-order valence-electron chi connectivity index (χ0n) is 9.30. The standard InChI is InChI=1S/C12H23NO/c1-10-3-5-11(6-4-10)12(13)7-2-8-14-9-12/h10-11H,2-9,13H2,1H3. The summed E-state index contributed by atoms with van der Waals surface area (Å²) in [6, 6.07) is 0. The maximum atomic E-state index is 6.45. The lowest BCUT2D eigenvalue weighted by atomic mass is 9.70. The van der Waals surface area contributed by atoms with Crippen LogP contribution in [-0.2, 0) is 4.74 Å². The fourth-order valence-corrected chi connectivity index (χ4v) is 2.99. The molecule has 1 saturated heterocycles. The van der Waals surface area contributed by atoms with E-state index in [0.29, 0.717) is 0 Å². The minimum Gasteiger partial charge on any atom is -0.380 e. The molecule has 2 heteroatoms. The Labute approximate surface area is 87.2 Å². The van der Waals surface area contributed by atoms with Crippen LogP contribution >= 0.6 is 0 Å². The largest absolute Gasteiger partial charge is 0.380 e. The van der Waals surface area contributed by atoms with Crippen molar-refractivity contribution >= 4 is 0 Å². The minimum atomic E-state index is 0.0123. The first-order chi connectivity index (χ1) is 6.71. The minimum absolute atomic E-state index is 0.0123. The van der Waals surface area contributed by atoms with Gasteiger partial charge in [-0.25, -0.2) is 0 Å². The molecule has 2 rings (SSSR count). The highest BCUT2D eigenvalue weighted by molar-refractivity contribution is 4.94. The number of hydrogen-bond donors (Lipinski definition) is 1. The van der Waals surface area contributed by atoms with Gasteiger partial charge in [0.05, 0.1) is 6.61 Å². The maximum absolute atomic E-state index is 6.45. The fraction of sp³-hybridized carbons (Fsp3) is 1.00. The Kier molecular flexibility index (Phi) is 3.13. The molecule has 0 aromatic heterocycles. The molecule has 1 saturated carbocycles. The van der Waals surface area contributed by atoms with Crippen LogP contribution in [0, 0.1) is 11.8 Å². The molecule has 2 aliphatic rings. The molecule has 1 heterocycles. The first-order valence-corrected chi connectivity index (χ1v) is 6.07. The van der Waals surface area contributed by atoms with Crippen LogP contribution in [-0.4, -0.2) is 18.8 Å². The van der Waals surface area contributed by atoms with E-state index in [-0.39, 0.29) is 5.54 Å². The monoisotopic (exact) mass is 197 g/mol. The highest BCUT2D eigenvalue weighted by atomic mass is 16.5. The highest BCUT2D eigenvalue weighted by Crippen LogP contribution is 2.37. The van der Waals surface area contributed by atoms with Crippen LogP contribution in [0.25, 0.3) is 0 Å². The van der Waals surface area contributed by atoms with E-state index in [1.54, 1.807) is 0 Å². The van der Waals surface area contributed by atoms with E-state index < -0.39 is 0 Å². The molecule has 0 radical (unpaired) electrons. The van der Waals surface area contributed by atoms with Crippen molar-refractivity contribution in [1.29, 1.82) is 0 Å². The van der Waals surface area contributed by atoms with Gasteiger partial charge in [-0.1, -0.05) is 19.8 Å². The van der Waals surface area contributed by atoms with Crippen LogP contribution in [0.5, 0.6) is 0 Å². The summed E-state index contributed by atoms with van der Waals surface area (Å²) >= 11 is 0. The first-order valence-electron chi connectivity index (χ1n) is 6.07. The highest BCUT2D eigenvalue weighted by Gasteiger charge is 2.38. The maximum Gasteiger partial charge on any atom is 0.0648 e. The molecule has 1 aliphatic heterocycles. The molecular weight excluding hydrogens is 174 g/mol. The van der Waals surface area contributed by atoms with Gasteiger partial charge in [0, 0.05) is 12.1 Å². The average Bonchev–Trinajstić information content (AvgIpc) is 2.19. The van der Waals surface area contributed by atoms with Crippen molar-refractivity contribution in [2.24, 2.45) is 17.6 Å². The van der Waals surface area contributed by atoms with Crippen LogP contribution in [0.15, 0.2) is 0 Å². The summed E-state index contributed by atoms with van der Waals surface area (Å²) in [5, 5.41) is 0. The van der Waals surface area contributed by atoms with E-state index in [1.165, 1.54) is 32.1 Å². The van der Waals surface area contributed by atoms with Gasteiger partial charge in [0.1, 0.15) is 0 Å². The molecule has 2 fully saturated rings. The molecule has 1 aliphatic carbocycles. The summed E-state index contributed by atoms with van der Waals surface area (Å²) in [5.41, 5.74) is 6.47. The van der Waals surface area contributed by atoms with Crippen molar-refractivity contribution in [3.8, 4) is 0 Å². The lowest BCUT2D eigenvalue weighted by Gasteiger charge is -2.43. The summed E-state index contributed by atoms with van der Waals surface area (Å²) < 4.78 is 5.54. The van der Waals surface area contributed by atoms with Gasteiger partial charge in [-0.2, -0.15) is 0 Å². The second-order valence-electron chi connectivity index (χ2n) is 5.35. The second-order valence-corrected chi connectivity index (χ2v) is 5.35. The van der Waals surface area contributed by atoms with E-state index in [4.69, 9.17) is 10.5 Å².